The first-order valence-electron chi connectivity index (χ1n) is 10.1. The number of anilines is 1. The Morgan fingerprint density at radius 1 is 1.00 bits per heavy atom. The summed E-state index contributed by atoms with van der Waals surface area (Å²) in [6.45, 7) is 0. The van der Waals surface area contributed by atoms with E-state index in [-0.39, 0.29) is 17.5 Å². The molecule has 4 nitrogen and oxygen atoms in total. The third-order valence-corrected chi connectivity index (χ3v) is 6.36. The molecule has 1 unspecified atom stereocenters. The second kappa shape index (κ2) is 6.48. The zero-order valence-electron chi connectivity index (χ0n) is 15.4. The van der Waals surface area contributed by atoms with E-state index in [4.69, 9.17) is 4.42 Å². The molecule has 0 saturated carbocycles. The van der Waals surface area contributed by atoms with E-state index in [0.29, 0.717) is 6.42 Å². The smallest absolute Gasteiger partial charge is 0.291 e. The van der Waals surface area contributed by atoms with Gasteiger partial charge in [0.05, 0.1) is 6.10 Å². The van der Waals surface area contributed by atoms with Crippen molar-refractivity contribution < 1.29 is 18.7 Å². The van der Waals surface area contributed by atoms with Crippen LogP contribution in [0.4, 0.5) is 10.1 Å². The van der Waals surface area contributed by atoms with Crippen LogP contribution >= 0.6 is 0 Å². The second-order valence-corrected chi connectivity index (χ2v) is 8.02. The third kappa shape index (κ3) is 2.71. The highest BCUT2D eigenvalue weighted by atomic mass is 19.1. The first kappa shape index (κ1) is 17.0. The second-order valence-electron chi connectivity index (χ2n) is 8.02. The Labute approximate surface area is 157 Å². The van der Waals surface area contributed by atoms with Crippen molar-refractivity contribution in [3.63, 3.8) is 0 Å². The highest BCUT2D eigenvalue weighted by Crippen LogP contribution is 2.41. The average molecular weight is 369 g/mol. The van der Waals surface area contributed by atoms with Gasteiger partial charge < -0.3 is 14.8 Å². The van der Waals surface area contributed by atoms with Crippen molar-refractivity contribution in [3.8, 4) is 0 Å². The zero-order valence-corrected chi connectivity index (χ0v) is 15.4. The minimum atomic E-state index is -0.563. The van der Waals surface area contributed by atoms with E-state index in [1.807, 2.05) is 0 Å². The number of carbonyl (C=O) groups is 1. The van der Waals surface area contributed by atoms with Crippen molar-refractivity contribution in [3.05, 3.63) is 51.2 Å². The van der Waals surface area contributed by atoms with Crippen molar-refractivity contribution in [1.82, 2.24) is 0 Å². The Morgan fingerprint density at radius 2 is 1.67 bits per heavy atom. The summed E-state index contributed by atoms with van der Waals surface area (Å²) in [7, 11) is 0. The van der Waals surface area contributed by atoms with Crippen molar-refractivity contribution >= 4 is 11.6 Å². The molecule has 5 heteroatoms. The number of hydrogen-bond acceptors (Lipinski definition) is 3. The molecule has 0 fully saturated rings. The number of nitrogens with one attached hydrogen (secondary N) is 1. The predicted octanol–water partition coefficient (Wildman–Crippen LogP) is 4.41. The molecule has 142 valence electrons. The van der Waals surface area contributed by atoms with Gasteiger partial charge in [0, 0.05) is 17.7 Å². The van der Waals surface area contributed by atoms with Crippen LogP contribution in [0.2, 0.25) is 0 Å². The number of aliphatic hydroxyl groups excluding tert-OH is 1. The number of rotatable bonds is 2. The molecular weight excluding hydrogens is 345 g/mol. The monoisotopic (exact) mass is 369 g/mol. The van der Waals surface area contributed by atoms with E-state index in [0.717, 1.165) is 97.1 Å². The minimum absolute atomic E-state index is 0.0409. The maximum atomic E-state index is 14.8. The van der Waals surface area contributed by atoms with Gasteiger partial charge in [0.25, 0.3) is 5.91 Å². The molecule has 0 saturated heterocycles. The fourth-order valence-electron chi connectivity index (χ4n) is 5.02. The molecule has 0 spiro atoms. The molecular formula is C22H24FNO3. The van der Waals surface area contributed by atoms with Gasteiger partial charge in [0.15, 0.2) is 5.76 Å². The van der Waals surface area contributed by atoms with Crippen LogP contribution in [-0.4, -0.2) is 11.0 Å². The number of furan rings is 1. The fourth-order valence-corrected chi connectivity index (χ4v) is 5.02. The summed E-state index contributed by atoms with van der Waals surface area (Å²) in [6.07, 6.45) is 7.78. The van der Waals surface area contributed by atoms with Gasteiger partial charge in [-0.15, -0.1) is 0 Å². The van der Waals surface area contributed by atoms with Gasteiger partial charge in [0.2, 0.25) is 0 Å². The standard InChI is InChI=1S/C22H24FNO3/c23-20-12-5-3-7-14(12)21(15-8-4-6-13(15)20)24-22(26)19-11-16-17(25)9-1-2-10-18(16)27-19/h11,17,25H,1-10H2,(H,24,26). The number of amides is 1. The van der Waals surface area contributed by atoms with E-state index >= 15 is 0 Å². The molecule has 1 amide bonds. The van der Waals surface area contributed by atoms with Gasteiger partial charge in [-0.3, -0.25) is 4.79 Å². The van der Waals surface area contributed by atoms with Gasteiger partial charge in [-0.2, -0.15) is 0 Å². The Morgan fingerprint density at radius 3 is 2.37 bits per heavy atom. The molecule has 2 N–H and O–H groups in total. The number of aryl methyl sites for hydroxylation is 1. The summed E-state index contributed by atoms with van der Waals surface area (Å²) in [6, 6.07) is 1.69. The Bertz CT molecular complexity index is 895. The maximum Gasteiger partial charge on any atom is 0.291 e. The van der Waals surface area contributed by atoms with Gasteiger partial charge in [0.1, 0.15) is 11.6 Å². The largest absolute Gasteiger partial charge is 0.456 e. The fraction of sp³-hybridized carbons (Fsp3) is 0.500. The van der Waals surface area contributed by atoms with Crippen molar-refractivity contribution in [1.29, 1.82) is 0 Å². The summed E-state index contributed by atoms with van der Waals surface area (Å²) in [5.41, 5.74) is 5.07. The lowest BCUT2D eigenvalue weighted by Crippen LogP contribution is -2.15. The first-order valence-corrected chi connectivity index (χ1v) is 10.1. The number of halogens is 1. The maximum absolute atomic E-state index is 14.8. The lowest BCUT2D eigenvalue weighted by atomic mass is 9.97. The summed E-state index contributed by atoms with van der Waals surface area (Å²) in [4.78, 5) is 12.9. The highest BCUT2D eigenvalue weighted by Gasteiger charge is 2.31. The van der Waals surface area contributed by atoms with E-state index in [1.165, 1.54) is 0 Å². The molecule has 0 aliphatic heterocycles. The first-order chi connectivity index (χ1) is 13.1. The van der Waals surface area contributed by atoms with Crippen molar-refractivity contribution in [2.75, 3.05) is 5.32 Å². The summed E-state index contributed by atoms with van der Waals surface area (Å²) in [5, 5.41) is 13.3. The highest BCUT2D eigenvalue weighted by molar-refractivity contribution is 6.03. The molecule has 2 aromatic rings. The Hall–Kier alpha value is -2.14. The van der Waals surface area contributed by atoms with Crippen molar-refractivity contribution in [2.24, 2.45) is 0 Å². The van der Waals surface area contributed by atoms with E-state index in [2.05, 4.69) is 5.32 Å². The van der Waals surface area contributed by atoms with Crippen LogP contribution in [0.15, 0.2) is 10.5 Å². The van der Waals surface area contributed by atoms with Crippen LogP contribution in [0, 0.1) is 5.82 Å². The summed E-state index contributed by atoms with van der Waals surface area (Å²) >= 11 is 0. The van der Waals surface area contributed by atoms with Crippen LogP contribution in [0.5, 0.6) is 0 Å². The number of hydrogen-bond donors (Lipinski definition) is 2. The number of aliphatic hydroxyl groups is 1. The SMILES string of the molecule is O=C(Nc1c2c(c(F)c3c1CCC3)CCC2)c1cc2c(o1)CCCCC2O. The molecule has 1 aromatic carbocycles. The number of fused-ring (bicyclic) bond motifs is 3. The quantitative estimate of drug-likeness (QED) is 0.771. The Balaban J connectivity index is 1.50. The van der Waals surface area contributed by atoms with Gasteiger partial charge in [-0.25, -0.2) is 4.39 Å². The van der Waals surface area contributed by atoms with E-state index < -0.39 is 6.10 Å². The zero-order chi connectivity index (χ0) is 18.5. The van der Waals surface area contributed by atoms with Gasteiger partial charge >= 0.3 is 0 Å². The van der Waals surface area contributed by atoms with Gasteiger partial charge in [-0.05, 0) is 79.7 Å². The van der Waals surface area contributed by atoms with Gasteiger partial charge in [-0.1, -0.05) is 6.42 Å². The molecule has 3 aliphatic carbocycles. The molecule has 0 radical (unpaired) electrons. The molecule has 5 rings (SSSR count). The molecule has 1 atom stereocenters. The summed E-state index contributed by atoms with van der Waals surface area (Å²) in [5.74, 6) is 0.620. The van der Waals surface area contributed by atoms with Crippen LogP contribution in [-0.2, 0) is 32.1 Å². The van der Waals surface area contributed by atoms with E-state index in [1.54, 1.807) is 6.07 Å². The predicted molar refractivity (Wildman–Crippen MR) is 99.6 cm³/mol. The topological polar surface area (TPSA) is 62.5 Å². The molecule has 0 bridgehead atoms. The van der Waals surface area contributed by atoms with Crippen LogP contribution in [0.1, 0.15) is 82.3 Å². The number of benzene rings is 1. The molecule has 3 aliphatic rings. The lowest BCUT2D eigenvalue weighted by molar-refractivity contribution is 0.0994. The minimum Gasteiger partial charge on any atom is -0.456 e. The normalized spacial score (nSPS) is 20.7. The lowest BCUT2D eigenvalue weighted by Gasteiger charge is -2.16. The molecule has 27 heavy (non-hydrogen) atoms. The molecule has 1 aromatic heterocycles. The van der Waals surface area contributed by atoms with Crippen LogP contribution in [0.3, 0.4) is 0 Å². The van der Waals surface area contributed by atoms with Crippen LogP contribution < -0.4 is 5.32 Å². The van der Waals surface area contributed by atoms with E-state index in [9.17, 15) is 14.3 Å². The van der Waals surface area contributed by atoms with Crippen LogP contribution in [0.25, 0.3) is 0 Å². The molecule has 1 heterocycles. The third-order valence-electron chi connectivity index (χ3n) is 6.36. The number of carbonyl (C=O) groups excluding carboxylic acids is 1. The average Bonchev–Trinajstić information content (AvgIpc) is 3.39. The van der Waals surface area contributed by atoms with Crippen molar-refractivity contribution in [2.45, 2.75) is 70.3 Å². The summed E-state index contributed by atoms with van der Waals surface area (Å²) < 4.78 is 20.6. The Kier molecular flexibility index (Phi) is 4.08.